The zero-order valence-corrected chi connectivity index (χ0v) is 18.7. The minimum absolute atomic E-state index is 0. The summed E-state index contributed by atoms with van der Waals surface area (Å²) in [6, 6.07) is 4.95. The van der Waals surface area contributed by atoms with Crippen LogP contribution in [0.1, 0.15) is 40.2 Å². The summed E-state index contributed by atoms with van der Waals surface area (Å²) in [5, 5.41) is 6.69. The molecular weight excluding hydrogens is 429 g/mol. The van der Waals surface area contributed by atoms with Crippen molar-refractivity contribution in [2.45, 2.75) is 53.2 Å². The van der Waals surface area contributed by atoms with E-state index in [0.717, 1.165) is 31.2 Å². The quantitative estimate of drug-likeness (QED) is 0.335. The summed E-state index contributed by atoms with van der Waals surface area (Å²) in [5.74, 6) is 1.44. The van der Waals surface area contributed by atoms with Gasteiger partial charge in [-0.2, -0.15) is 0 Å². The zero-order valence-electron chi connectivity index (χ0n) is 16.4. The van der Waals surface area contributed by atoms with Gasteiger partial charge in [-0.05, 0) is 40.7 Å². The van der Waals surface area contributed by atoms with Crippen molar-refractivity contribution in [3.8, 4) is 5.88 Å². The van der Waals surface area contributed by atoms with E-state index in [0.29, 0.717) is 24.5 Å². The van der Waals surface area contributed by atoms with Crippen LogP contribution in [-0.2, 0) is 6.54 Å². The van der Waals surface area contributed by atoms with Gasteiger partial charge < -0.3 is 15.4 Å². The lowest BCUT2D eigenvalue weighted by Gasteiger charge is -2.30. The minimum Gasteiger partial charge on any atom is -0.481 e. The molecule has 0 radical (unpaired) electrons. The van der Waals surface area contributed by atoms with Gasteiger partial charge in [0, 0.05) is 43.5 Å². The van der Waals surface area contributed by atoms with Gasteiger partial charge in [-0.1, -0.05) is 6.07 Å². The lowest BCUT2D eigenvalue weighted by molar-refractivity contribution is 0.178. The molecule has 6 nitrogen and oxygen atoms in total. The number of aromatic nitrogens is 1. The number of nitrogens with zero attached hydrogens (tertiary/aromatic N) is 3. The van der Waals surface area contributed by atoms with Gasteiger partial charge in [0.25, 0.3) is 0 Å². The molecule has 1 heterocycles. The van der Waals surface area contributed by atoms with E-state index in [9.17, 15) is 0 Å². The summed E-state index contributed by atoms with van der Waals surface area (Å²) in [6.07, 6.45) is 1.72. The van der Waals surface area contributed by atoms with Crippen LogP contribution >= 0.6 is 24.0 Å². The second-order valence-electron chi connectivity index (χ2n) is 6.22. The van der Waals surface area contributed by atoms with E-state index < -0.39 is 0 Å². The molecule has 0 spiro atoms. The number of aliphatic imine (C=N–C) groups is 1. The van der Waals surface area contributed by atoms with E-state index >= 15 is 0 Å². The molecule has 0 unspecified atom stereocenters. The van der Waals surface area contributed by atoms with Crippen molar-refractivity contribution in [1.82, 2.24) is 20.5 Å². The first-order valence-corrected chi connectivity index (χ1v) is 8.75. The van der Waals surface area contributed by atoms with Gasteiger partial charge in [0.05, 0.1) is 13.7 Å². The van der Waals surface area contributed by atoms with Crippen LogP contribution in [0, 0.1) is 0 Å². The first-order chi connectivity index (χ1) is 11.5. The molecule has 0 aromatic carbocycles. The van der Waals surface area contributed by atoms with Crippen LogP contribution in [0.25, 0.3) is 0 Å². The number of methoxy groups -OCH3 is 1. The number of guanidine groups is 1. The Labute approximate surface area is 169 Å². The number of pyridine rings is 1. The van der Waals surface area contributed by atoms with Crippen molar-refractivity contribution in [3.05, 3.63) is 23.9 Å². The number of ether oxygens (including phenoxy) is 1. The average molecular weight is 463 g/mol. The molecule has 0 atom stereocenters. The van der Waals surface area contributed by atoms with Crippen LogP contribution in [-0.4, -0.2) is 54.7 Å². The summed E-state index contributed by atoms with van der Waals surface area (Å²) >= 11 is 0. The Morgan fingerprint density at radius 2 is 1.92 bits per heavy atom. The molecule has 0 aliphatic carbocycles. The van der Waals surface area contributed by atoms with Gasteiger partial charge in [-0.3, -0.25) is 4.90 Å². The highest BCUT2D eigenvalue weighted by Gasteiger charge is 2.12. The average Bonchev–Trinajstić information content (AvgIpc) is 2.55. The molecule has 144 valence electrons. The van der Waals surface area contributed by atoms with E-state index in [1.165, 1.54) is 0 Å². The second kappa shape index (κ2) is 13.2. The number of hydrogen-bond acceptors (Lipinski definition) is 4. The van der Waals surface area contributed by atoms with Crippen LogP contribution < -0.4 is 15.4 Å². The van der Waals surface area contributed by atoms with Gasteiger partial charge in [0.1, 0.15) is 0 Å². The van der Waals surface area contributed by atoms with E-state index in [4.69, 9.17) is 4.74 Å². The SMILES string of the molecule is CCNC(=NCc1cccnc1OC)NCCN(C(C)C)C(C)C.I. The predicted octanol–water partition coefficient (Wildman–Crippen LogP) is 2.88. The summed E-state index contributed by atoms with van der Waals surface area (Å²) in [7, 11) is 1.63. The van der Waals surface area contributed by atoms with Gasteiger partial charge >= 0.3 is 0 Å². The summed E-state index contributed by atoms with van der Waals surface area (Å²) < 4.78 is 5.28. The van der Waals surface area contributed by atoms with Crippen molar-refractivity contribution < 1.29 is 4.74 Å². The van der Waals surface area contributed by atoms with Crippen molar-refractivity contribution in [3.63, 3.8) is 0 Å². The zero-order chi connectivity index (χ0) is 17.9. The van der Waals surface area contributed by atoms with Gasteiger partial charge in [-0.25, -0.2) is 9.98 Å². The van der Waals surface area contributed by atoms with Gasteiger partial charge in [-0.15, -0.1) is 24.0 Å². The molecule has 1 aromatic rings. The number of halogens is 1. The third-order valence-electron chi connectivity index (χ3n) is 3.78. The highest BCUT2D eigenvalue weighted by atomic mass is 127. The van der Waals surface area contributed by atoms with Crippen LogP contribution in [0.5, 0.6) is 5.88 Å². The Kier molecular flexibility index (Phi) is 12.6. The molecule has 0 aliphatic rings. The maximum absolute atomic E-state index is 5.28. The first kappa shape index (κ1) is 23.9. The smallest absolute Gasteiger partial charge is 0.218 e. The largest absolute Gasteiger partial charge is 0.481 e. The number of nitrogens with one attached hydrogen (secondary N) is 2. The number of hydrogen-bond donors (Lipinski definition) is 2. The molecule has 0 fully saturated rings. The highest BCUT2D eigenvalue weighted by Crippen LogP contribution is 2.14. The standard InChI is InChI=1S/C18H33N5O.HI/c1-7-19-18(21-11-12-23(14(2)3)15(4)5)22-13-16-9-8-10-20-17(16)24-6;/h8-10,14-15H,7,11-13H2,1-6H3,(H2,19,21,22);1H. The number of rotatable bonds is 9. The Morgan fingerprint density at radius 1 is 1.24 bits per heavy atom. The Balaban J connectivity index is 0.00000576. The van der Waals surface area contributed by atoms with E-state index in [1.807, 2.05) is 12.1 Å². The topological polar surface area (TPSA) is 61.8 Å². The molecule has 1 rings (SSSR count). The fourth-order valence-electron chi connectivity index (χ4n) is 2.65. The van der Waals surface area contributed by atoms with Crippen molar-refractivity contribution in [2.24, 2.45) is 4.99 Å². The molecule has 0 saturated carbocycles. The molecule has 0 aliphatic heterocycles. The van der Waals surface area contributed by atoms with Crippen molar-refractivity contribution in [1.29, 1.82) is 0 Å². The van der Waals surface area contributed by atoms with Crippen LogP contribution in [0.2, 0.25) is 0 Å². The molecule has 0 bridgehead atoms. The van der Waals surface area contributed by atoms with Crippen LogP contribution in [0.15, 0.2) is 23.3 Å². The molecule has 7 heteroatoms. The van der Waals surface area contributed by atoms with Gasteiger partial charge in [0.2, 0.25) is 5.88 Å². The molecule has 25 heavy (non-hydrogen) atoms. The maximum Gasteiger partial charge on any atom is 0.218 e. The molecule has 1 aromatic heterocycles. The fraction of sp³-hybridized carbons (Fsp3) is 0.667. The molecular formula is C18H34IN5O. The van der Waals surface area contributed by atoms with E-state index in [1.54, 1.807) is 13.3 Å². The Hall–Kier alpha value is -1.09. The normalized spacial score (nSPS) is 11.6. The van der Waals surface area contributed by atoms with Gasteiger partial charge in [0.15, 0.2) is 5.96 Å². The summed E-state index contributed by atoms with van der Waals surface area (Å²) in [6.45, 7) is 14.2. The van der Waals surface area contributed by atoms with Crippen LogP contribution in [0.3, 0.4) is 0 Å². The van der Waals surface area contributed by atoms with Crippen LogP contribution in [0.4, 0.5) is 0 Å². The van der Waals surface area contributed by atoms with Crippen molar-refractivity contribution >= 4 is 29.9 Å². The lowest BCUT2D eigenvalue weighted by atomic mass is 10.2. The predicted molar refractivity (Wildman–Crippen MR) is 116 cm³/mol. The third kappa shape index (κ3) is 8.71. The summed E-state index contributed by atoms with van der Waals surface area (Å²) in [5.41, 5.74) is 0.975. The van der Waals surface area contributed by atoms with Crippen molar-refractivity contribution in [2.75, 3.05) is 26.7 Å². The summed E-state index contributed by atoms with van der Waals surface area (Å²) in [4.78, 5) is 11.3. The van der Waals surface area contributed by atoms with E-state index in [-0.39, 0.29) is 24.0 Å². The first-order valence-electron chi connectivity index (χ1n) is 8.75. The maximum atomic E-state index is 5.28. The second-order valence-corrected chi connectivity index (χ2v) is 6.22. The molecule has 0 amide bonds. The Morgan fingerprint density at radius 3 is 2.48 bits per heavy atom. The lowest BCUT2D eigenvalue weighted by Crippen LogP contribution is -2.45. The molecule has 0 saturated heterocycles. The molecule has 2 N–H and O–H groups in total. The highest BCUT2D eigenvalue weighted by molar-refractivity contribution is 14.0. The monoisotopic (exact) mass is 463 g/mol. The Bertz CT molecular complexity index is 500. The fourth-order valence-corrected chi connectivity index (χ4v) is 2.65. The van der Waals surface area contributed by atoms with E-state index in [2.05, 4.69) is 60.1 Å². The minimum atomic E-state index is 0. The third-order valence-corrected chi connectivity index (χ3v) is 3.78.